The highest BCUT2D eigenvalue weighted by atomic mass is 32.1. The second-order valence-electron chi connectivity index (χ2n) is 5.77. The fraction of sp³-hybridized carbons (Fsp3) is 0.263. The van der Waals surface area contributed by atoms with Crippen molar-refractivity contribution in [2.24, 2.45) is 0 Å². The van der Waals surface area contributed by atoms with Gasteiger partial charge < -0.3 is 10.1 Å². The van der Waals surface area contributed by atoms with E-state index in [1.54, 1.807) is 11.6 Å². The van der Waals surface area contributed by atoms with Crippen LogP contribution in [-0.2, 0) is 13.0 Å². The summed E-state index contributed by atoms with van der Waals surface area (Å²) in [5, 5.41) is 7.74. The Morgan fingerprint density at radius 1 is 1.36 bits per heavy atom. The first-order valence-electron chi connectivity index (χ1n) is 8.19. The fourth-order valence-electron chi connectivity index (χ4n) is 2.59. The minimum Gasteiger partial charge on any atom is -0.489 e. The smallest absolute Gasteiger partial charge is 0.212 e. The highest BCUT2D eigenvalue weighted by Crippen LogP contribution is 2.22. The Labute approximate surface area is 151 Å². The third kappa shape index (κ3) is 4.15. The lowest BCUT2D eigenvalue weighted by Gasteiger charge is -2.14. The lowest BCUT2D eigenvalue weighted by atomic mass is 10.1. The number of nitrogens with one attached hydrogen (secondary N) is 1. The number of imidazole rings is 1. The number of benzene rings is 1. The Morgan fingerprint density at radius 2 is 2.24 bits per heavy atom. The lowest BCUT2D eigenvalue weighted by molar-refractivity contribution is 0.359. The molecule has 3 aromatic rings. The van der Waals surface area contributed by atoms with Crippen LogP contribution >= 0.6 is 11.3 Å². The Morgan fingerprint density at radius 3 is 3.00 bits per heavy atom. The van der Waals surface area contributed by atoms with Crippen molar-refractivity contribution < 1.29 is 4.74 Å². The minimum atomic E-state index is 0.147. The van der Waals surface area contributed by atoms with Crippen molar-refractivity contribution >= 4 is 16.3 Å². The molecule has 0 aliphatic rings. The monoisotopic (exact) mass is 354 g/mol. The largest absolute Gasteiger partial charge is 0.489 e. The molecule has 5 nitrogen and oxygen atoms in total. The number of hydrogen-bond acceptors (Lipinski definition) is 5. The fourth-order valence-corrected chi connectivity index (χ4v) is 3.20. The highest BCUT2D eigenvalue weighted by molar-refractivity contribution is 7.14. The number of allylic oxidation sites excluding steroid dienone is 1. The molecule has 130 valence electrons. The average Bonchev–Trinajstić information content (AvgIpc) is 3.21. The van der Waals surface area contributed by atoms with E-state index in [1.165, 1.54) is 16.9 Å². The summed E-state index contributed by atoms with van der Waals surface area (Å²) < 4.78 is 7.52. The standard InChI is InChI=1S/C19H22N4OS/c1-4-6-16-10-15(7-8-18(16)24-9-5-2)11-20-14(3)17-12-23-19(22-17)25-13-21-23/h4-5,7-8,10,12-14,20H,1-2,6,9,11H2,3H3. The first-order chi connectivity index (χ1) is 12.2. The molecule has 2 heterocycles. The normalized spacial score (nSPS) is 12.2. The summed E-state index contributed by atoms with van der Waals surface area (Å²) in [6.45, 7) is 10.9. The van der Waals surface area contributed by atoms with Gasteiger partial charge in [-0.2, -0.15) is 5.10 Å². The zero-order chi connectivity index (χ0) is 17.6. The number of rotatable bonds is 9. The quantitative estimate of drug-likeness (QED) is 0.592. The van der Waals surface area contributed by atoms with E-state index >= 15 is 0 Å². The van der Waals surface area contributed by atoms with E-state index in [0.29, 0.717) is 6.61 Å². The van der Waals surface area contributed by atoms with Gasteiger partial charge in [0, 0.05) is 12.6 Å². The van der Waals surface area contributed by atoms with Gasteiger partial charge in [-0.3, -0.25) is 0 Å². The van der Waals surface area contributed by atoms with Gasteiger partial charge in [0.1, 0.15) is 17.9 Å². The molecule has 0 radical (unpaired) electrons. The summed E-state index contributed by atoms with van der Waals surface area (Å²) in [7, 11) is 0. The van der Waals surface area contributed by atoms with Crippen LogP contribution in [0.3, 0.4) is 0 Å². The topological polar surface area (TPSA) is 51.5 Å². The molecule has 0 bridgehead atoms. The van der Waals surface area contributed by atoms with Crippen LogP contribution < -0.4 is 10.1 Å². The average molecular weight is 354 g/mol. The summed E-state index contributed by atoms with van der Waals surface area (Å²) in [6, 6.07) is 6.40. The Bertz CT molecular complexity index is 839. The predicted octanol–water partition coefficient (Wildman–Crippen LogP) is 3.93. The van der Waals surface area contributed by atoms with Crippen LogP contribution in [0.2, 0.25) is 0 Å². The van der Waals surface area contributed by atoms with Crippen molar-refractivity contribution in [3.8, 4) is 5.75 Å². The maximum absolute atomic E-state index is 5.71. The van der Waals surface area contributed by atoms with E-state index in [1.807, 2.05) is 22.9 Å². The Hall–Kier alpha value is -2.44. The molecule has 25 heavy (non-hydrogen) atoms. The second kappa shape index (κ2) is 8.09. The van der Waals surface area contributed by atoms with Gasteiger partial charge in [-0.05, 0) is 30.5 Å². The van der Waals surface area contributed by atoms with Crippen LogP contribution in [0.15, 0.2) is 55.2 Å². The number of ether oxygens (including phenoxy) is 1. The molecule has 0 saturated heterocycles. The molecule has 1 unspecified atom stereocenters. The van der Waals surface area contributed by atoms with E-state index in [2.05, 4.69) is 47.6 Å². The van der Waals surface area contributed by atoms with Gasteiger partial charge in [-0.15, -0.1) is 6.58 Å². The van der Waals surface area contributed by atoms with Gasteiger partial charge in [0.25, 0.3) is 0 Å². The van der Waals surface area contributed by atoms with Crippen molar-refractivity contribution in [1.29, 1.82) is 0 Å². The summed E-state index contributed by atoms with van der Waals surface area (Å²) >= 11 is 1.54. The molecule has 2 aromatic heterocycles. The second-order valence-corrected chi connectivity index (χ2v) is 6.58. The molecule has 0 saturated carbocycles. The molecule has 0 aliphatic carbocycles. The highest BCUT2D eigenvalue weighted by Gasteiger charge is 2.11. The van der Waals surface area contributed by atoms with Crippen molar-refractivity contribution in [3.63, 3.8) is 0 Å². The molecule has 6 heteroatoms. The molecule has 1 N–H and O–H groups in total. The van der Waals surface area contributed by atoms with Crippen LogP contribution in [0.5, 0.6) is 5.75 Å². The minimum absolute atomic E-state index is 0.147. The number of hydrogen-bond donors (Lipinski definition) is 1. The van der Waals surface area contributed by atoms with Gasteiger partial charge in [-0.25, -0.2) is 9.50 Å². The summed E-state index contributed by atoms with van der Waals surface area (Å²) in [4.78, 5) is 5.51. The van der Waals surface area contributed by atoms with Gasteiger partial charge in [-0.1, -0.05) is 42.2 Å². The molecule has 0 spiro atoms. The first kappa shape index (κ1) is 17.4. The zero-order valence-electron chi connectivity index (χ0n) is 14.3. The lowest BCUT2D eigenvalue weighted by Crippen LogP contribution is -2.18. The Balaban J connectivity index is 1.67. The number of aromatic nitrogens is 3. The van der Waals surface area contributed by atoms with Crippen LogP contribution in [0, 0.1) is 0 Å². The van der Waals surface area contributed by atoms with E-state index in [0.717, 1.165) is 34.9 Å². The molecular weight excluding hydrogens is 332 g/mol. The maximum atomic E-state index is 5.71. The van der Waals surface area contributed by atoms with E-state index < -0.39 is 0 Å². The molecule has 0 fully saturated rings. The summed E-state index contributed by atoms with van der Waals surface area (Å²) in [5.74, 6) is 0.886. The molecule has 0 amide bonds. The number of fused-ring (bicyclic) bond motifs is 1. The molecule has 1 atom stereocenters. The van der Waals surface area contributed by atoms with E-state index in [-0.39, 0.29) is 6.04 Å². The van der Waals surface area contributed by atoms with Crippen molar-refractivity contribution in [2.75, 3.05) is 6.61 Å². The number of nitrogens with zero attached hydrogens (tertiary/aromatic N) is 3. The third-order valence-electron chi connectivity index (χ3n) is 3.91. The molecular formula is C19H22N4OS. The summed E-state index contributed by atoms with van der Waals surface area (Å²) in [6.07, 6.45) is 6.39. The van der Waals surface area contributed by atoms with E-state index in [4.69, 9.17) is 4.74 Å². The molecule has 0 aliphatic heterocycles. The van der Waals surface area contributed by atoms with E-state index in [9.17, 15) is 0 Å². The van der Waals surface area contributed by atoms with Crippen molar-refractivity contribution in [1.82, 2.24) is 19.9 Å². The van der Waals surface area contributed by atoms with Crippen LogP contribution in [0.4, 0.5) is 0 Å². The van der Waals surface area contributed by atoms with Crippen LogP contribution in [0.1, 0.15) is 29.8 Å². The van der Waals surface area contributed by atoms with Crippen molar-refractivity contribution in [3.05, 3.63) is 72.0 Å². The third-order valence-corrected chi connectivity index (χ3v) is 4.60. The van der Waals surface area contributed by atoms with Crippen molar-refractivity contribution in [2.45, 2.75) is 25.9 Å². The van der Waals surface area contributed by atoms with Gasteiger partial charge in [0.2, 0.25) is 4.96 Å². The predicted molar refractivity (Wildman–Crippen MR) is 102 cm³/mol. The maximum Gasteiger partial charge on any atom is 0.212 e. The van der Waals surface area contributed by atoms with Crippen LogP contribution in [-0.4, -0.2) is 21.2 Å². The van der Waals surface area contributed by atoms with Gasteiger partial charge >= 0.3 is 0 Å². The van der Waals surface area contributed by atoms with Gasteiger partial charge in [0.15, 0.2) is 0 Å². The Kier molecular flexibility index (Phi) is 5.63. The summed E-state index contributed by atoms with van der Waals surface area (Å²) in [5.41, 5.74) is 5.13. The van der Waals surface area contributed by atoms with Gasteiger partial charge in [0.05, 0.1) is 11.9 Å². The first-order valence-corrected chi connectivity index (χ1v) is 9.07. The molecule has 3 rings (SSSR count). The zero-order valence-corrected chi connectivity index (χ0v) is 15.1. The molecule has 1 aromatic carbocycles. The van der Waals surface area contributed by atoms with Crippen LogP contribution in [0.25, 0.3) is 4.96 Å². The SMILES string of the molecule is C=CCOc1ccc(CNC(C)c2cn3ncsc3n2)cc1CC=C.